The number of urea groups is 1. The number of hydrogen-bond acceptors (Lipinski definition) is 6. The summed E-state index contributed by atoms with van der Waals surface area (Å²) >= 11 is 0. The molecule has 2 N–H and O–H groups in total. The number of phenols is 1. The lowest BCUT2D eigenvalue weighted by Gasteiger charge is -2.21. The summed E-state index contributed by atoms with van der Waals surface area (Å²) in [7, 11) is 1.41. The van der Waals surface area contributed by atoms with Crippen LogP contribution in [0.3, 0.4) is 0 Å². The molecule has 1 aliphatic heterocycles. The zero-order chi connectivity index (χ0) is 21.2. The van der Waals surface area contributed by atoms with Gasteiger partial charge in [0.05, 0.1) is 13.3 Å². The monoisotopic (exact) mass is 405 g/mol. The van der Waals surface area contributed by atoms with Gasteiger partial charge in [-0.3, -0.25) is 4.79 Å². The van der Waals surface area contributed by atoms with E-state index in [9.17, 15) is 23.5 Å². The Balaban J connectivity index is 1.80. The number of nitrogens with zero attached hydrogens (tertiary/aromatic N) is 2. The van der Waals surface area contributed by atoms with E-state index in [1.54, 1.807) is 6.07 Å². The summed E-state index contributed by atoms with van der Waals surface area (Å²) in [4.78, 5) is 25.1. The van der Waals surface area contributed by atoms with E-state index in [-0.39, 0.29) is 17.2 Å². The fourth-order valence-corrected chi connectivity index (χ4v) is 2.81. The van der Waals surface area contributed by atoms with E-state index in [0.717, 1.165) is 0 Å². The number of amides is 3. The van der Waals surface area contributed by atoms with E-state index in [4.69, 9.17) is 4.74 Å². The number of ether oxygens (including phenoxy) is 2. The van der Waals surface area contributed by atoms with Crippen LogP contribution in [0.2, 0.25) is 0 Å². The number of phenolic OH excluding ortho intramolecular Hbond substituents is 1. The second kappa shape index (κ2) is 7.74. The number of methoxy groups -OCH3 is 1. The predicted molar refractivity (Wildman–Crippen MR) is 98.1 cm³/mol. The van der Waals surface area contributed by atoms with Crippen molar-refractivity contribution in [1.29, 1.82) is 0 Å². The van der Waals surface area contributed by atoms with E-state index in [1.165, 1.54) is 56.6 Å². The summed E-state index contributed by atoms with van der Waals surface area (Å²) in [6, 6.07) is 9.07. The molecule has 0 spiro atoms. The first kappa shape index (κ1) is 20.1. The summed E-state index contributed by atoms with van der Waals surface area (Å²) in [6.45, 7) is -1.49. The van der Waals surface area contributed by atoms with Crippen molar-refractivity contribution < 1.29 is 33.0 Å². The van der Waals surface area contributed by atoms with Gasteiger partial charge in [-0.1, -0.05) is 12.1 Å². The van der Waals surface area contributed by atoms with Crippen molar-refractivity contribution >= 4 is 18.2 Å². The maximum Gasteiger partial charge on any atom is 0.387 e. The van der Waals surface area contributed by atoms with Gasteiger partial charge < -0.3 is 19.9 Å². The van der Waals surface area contributed by atoms with Gasteiger partial charge in [-0.25, -0.2) is 4.79 Å². The topological polar surface area (TPSA) is 100 Å². The Kier molecular flexibility index (Phi) is 5.35. The van der Waals surface area contributed by atoms with E-state index < -0.39 is 24.1 Å². The van der Waals surface area contributed by atoms with Gasteiger partial charge in [0, 0.05) is 0 Å². The maximum absolute atomic E-state index is 12.8. The van der Waals surface area contributed by atoms with Crippen molar-refractivity contribution in [2.24, 2.45) is 5.10 Å². The average Bonchev–Trinajstić information content (AvgIpc) is 2.89. The molecule has 2 aromatic rings. The Bertz CT molecular complexity index is 965. The van der Waals surface area contributed by atoms with E-state index in [2.05, 4.69) is 15.2 Å². The summed E-state index contributed by atoms with van der Waals surface area (Å²) < 4.78 is 33.8. The third kappa shape index (κ3) is 3.96. The Labute approximate surface area is 164 Å². The van der Waals surface area contributed by atoms with Crippen LogP contribution in [0.1, 0.15) is 18.1 Å². The molecular weight excluding hydrogens is 388 g/mol. The third-order valence-electron chi connectivity index (χ3n) is 4.35. The largest absolute Gasteiger partial charge is 0.504 e. The molecule has 10 heteroatoms. The second-order valence-electron chi connectivity index (χ2n) is 6.25. The van der Waals surface area contributed by atoms with Crippen molar-refractivity contribution in [3.63, 3.8) is 0 Å². The Morgan fingerprint density at radius 1 is 1.21 bits per heavy atom. The SMILES string of the molecule is COc1ccc(/C=N\N2C(=O)N[C@@](C)(c3ccc(OC(F)F)cc3)C2=O)cc1O. The van der Waals surface area contributed by atoms with Crippen LogP contribution in [0.5, 0.6) is 17.2 Å². The minimum absolute atomic E-state index is 0.0710. The van der Waals surface area contributed by atoms with Crippen LogP contribution in [0.15, 0.2) is 47.6 Å². The molecule has 3 amide bonds. The van der Waals surface area contributed by atoms with Gasteiger partial charge in [0.1, 0.15) is 11.3 Å². The Morgan fingerprint density at radius 2 is 1.90 bits per heavy atom. The highest BCUT2D eigenvalue weighted by atomic mass is 19.3. The van der Waals surface area contributed by atoms with Crippen LogP contribution < -0.4 is 14.8 Å². The van der Waals surface area contributed by atoms with Crippen LogP contribution >= 0.6 is 0 Å². The van der Waals surface area contributed by atoms with Gasteiger partial charge >= 0.3 is 12.6 Å². The standard InChI is InChI=1S/C19H17F2N3O5/c1-19(12-4-6-13(7-5-12)29-17(20)21)16(26)24(18(27)23-19)22-10-11-3-8-15(28-2)14(25)9-11/h3-10,17,25H,1-2H3,(H,23,27)/b22-10-/t19-/m0/s1. The number of carbonyl (C=O) groups is 2. The van der Waals surface area contributed by atoms with Gasteiger partial charge in [-0.2, -0.15) is 13.9 Å². The van der Waals surface area contributed by atoms with Gasteiger partial charge in [0.15, 0.2) is 11.5 Å². The Hall–Kier alpha value is -3.69. The smallest absolute Gasteiger partial charge is 0.387 e. The first-order valence-corrected chi connectivity index (χ1v) is 8.37. The zero-order valence-electron chi connectivity index (χ0n) is 15.4. The molecule has 0 radical (unpaired) electrons. The van der Waals surface area contributed by atoms with Crippen molar-refractivity contribution in [3.05, 3.63) is 53.6 Å². The van der Waals surface area contributed by atoms with Crippen molar-refractivity contribution in [3.8, 4) is 17.2 Å². The first-order chi connectivity index (χ1) is 13.7. The lowest BCUT2D eigenvalue weighted by Crippen LogP contribution is -2.40. The molecule has 0 aliphatic carbocycles. The molecular formula is C19H17F2N3O5. The molecule has 1 heterocycles. The number of benzene rings is 2. The Morgan fingerprint density at radius 3 is 2.48 bits per heavy atom. The number of carbonyl (C=O) groups excluding carboxylic acids is 2. The molecule has 1 aliphatic rings. The van der Waals surface area contributed by atoms with Crippen LogP contribution in [0, 0.1) is 0 Å². The van der Waals surface area contributed by atoms with E-state index in [1.807, 2.05) is 0 Å². The number of alkyl halides is 2. The van der Waals surface area contributed by atoms with Gasteiger partial charge in [-0.05, 0) is 48.4 Å². The van der Waals surface area contributed by atoms with Crippen LogP contribution in [-0.4, -0.2) is 42.0 Å². The molecule has 1 saturated heterocycles. The molecule has 3 rings (SSSR count). The van der Waals surface area contributed by atoms with Gasteiger partial charge in [0.25, 0.3) is 5.91 Å². The summed E-state index contributed by atoms with van der Waals surface area (Å²) in [5.74, 6) is -0.578. The average molecular weight is 405 g/mol. The molecule has 0 bridgehead atoms. The number of hydrazone groups is 1. The third-order valence-corrected chi connectivity index (χ3v) is 4.35. The molecule has 0 saturated carbocycles. The maximum atomic E-state index is 12.8. The number of halogens is 2. The molecule has 0 unspecified atom stereocenters. The van der Waals surface area contributed by atoms with E-state index >= 15 is 0 Å². The number of hydrogen-bond donors (Lipinski definition) is 2. The highest BCUT2D eigenvalue weighted by Crippen LogP contribution is 2.31. The summed E-state index contributed by atoms with van der Waals surface area (Å²) in [6.07, 6.45) is 1.24. The number of aromatic hydroxyl groups is 1. The minimum atomic E-state index is -2.97. The molecule has 29 heavy (non-hydrogen) atoms. The highest BCUT2D eigenvalue weighted by molar-refractivity contribution is 6.07. The molecule has 8 nitrogen and oxygen atoms in total. The van der Waals surface area contributed by atoms with Crippen LogP contribution in [-0.2, 0) is 10.3 Å². The molecule has 2 aromatic carbocycles. The molecule has 152 valence electrons. The molecule has 0 aromatic heterocycles. The minimum Gasteiger partial charge on any atom is -0.504 e. The first-order valence-electron chi connectivity index (χ1n) is 8.37. The normalized spacial score (nSPS) is 19.1. The molecule has 1 fully saturated rings. The van der Waals surface area contributed by atoms with E-state index in [0.29, 0.717) is 16.1 Å². The van der Waals surface area contributed by atoms with Gasteiger partial charge in [0.2, 0.25) is 0 Å². The predicted octanol–water partition coefficient (Wildman–Crippen LogP) is 2.80. The summed E-state index contributed by atoms with van der Waals surface area (Å²) in [5.41, 5.74) is -0.622. The second-order valence-corrected chi connectivity index (χ2v) is 6.25. The van der Waals surface area contributed by atoms with Crippen LogP contribution in [0.4, 0.5) is 13.6 Å². The number of rotatable bonds is 6. The summed E-state index contributed by atoms with van der Waals surface area (Å²) in [5, 5.41) is 16.9. The highest BCUT2D eigenvalue weighted by Gasteiger charge is 2.49. The quantitative estimate of drug-likeness (QED) is 0.569. The van der Waals surface area contributed by atoms with Crippen molar-refractivity contribution in [2.75, 3.05) is 7.11 Å². The van der Waals surface area contributed by atoms with Gasteiger partial charge in [-0.15, -0.1) is 5.01 Å². The number of nitrogens with one attached hydrogen (secondary N) is 1. The number of imide groups is 1. The fourth-order valence-electron chi connectivity index (χ4n) is 2.81. The van der Waals surface area contributed by atoms with Crippen molar-refractivity contribution in [2.45, 2.75) is 19.1 Å². The van der Waals surface area contributed by atoms with Crippen LogP contribution in [0.25, 0.3) is 0 Å². The zero-order valence-corrected chi connectivity index (χ0v) is 15.4. The van der Waals surface area contributed by atoms with Crippen molar-refractivity contribution in [1.82, 2.24) is 10.3 Å². The molecule has 1 atom stereocenters. The lowest BCUT2D eigenvalue weighted by atomic mass is 9.92. The lowest BCUT2D eigenvalue weighted by molar-refractivity contribution is -0.131. The fraction of sp³-hybridized carbons (Fsp3) is 0.211.